The van der Waals surface area contributed by atoms with Crippen LogP contribution in [0.5, 0.6) is 0 Å². The fourth-order valence-corrected chi connectivity index (χ4v) is 5.04. The van der Waals surface area contributed by atoms with Crippen LogP contribution in [-0.4, -0.2) is 29.4 Å². The highest BCUT2D eigenvalue weighted by atomic mass is 35.5. The van der Waals surface area contributed by atoms with Crippen molar-refractivity contribution < 1.29 is 0 Å². The van der Waals surface area contributed by atoms with Crippen molar-refractivity contribution in [2.24, 2.45) is 0 Å². The Hall–Kier alpha value is -3.01. The number of hydrogen-bond donors (Lipinski definition) is 0. The van der Waals surface area contributed by atoms with Crippen LogP contribution in [0, 0.1) is 0 Å². The SMILES string of the molecule is CCc1nn2c(=O)cc(CSc3nnc(-c4ccc(Cl)cc4)n3-c3ccccc3)nc2s1. The van der Waals surface area contributed by atoms with E-state index in [0.29, 0.717) is 32.4 Å². The topological polar surface area (TPSA) is 78.0 Å². The minimum Gasteiger partial charge on any atom is -0.270 e. The minimum atomic E-state index is -0.173. The molecule has 0 aliphatic rings. The van der Waals surface area contributed by atoms with Gasteiger partial charge >= 0.3 is 0 Å². The first-order chi connectivity index (χ1) is 15.6. The van der Waals surface area contributed by atoms with Gasteiger partial charge in [-0.3, -0.25) is 9.36 Å². The van der Waals surface area contributed by atoms with Crippen molar-refractivity contribution in [2.45, 2.75) is 24.3 Å². The molecule has 0 atom stereocenters. The molecule has 0 N–H and O–H groups in total. The number of benzene rings is 2. The zero-order valence-corrected chi connectivity index (χ0v) is 19.4. The van der Waals surface area contributed by atoms with Crippen molar-refractivity contribution in [1.29, 1.82) is 0 Å². The van der Waals surface area contributed by atoms with Gasteiger partial charge in [0.05, 0.1) is 5.69 Å². The smallest absolute Gasteiger partial charge is 0.270 e. The van der Waals surface area contributed by atoms with E-state index >= 15 is 0 Å². The van der Waals surface area contributed by atoms with Gasteiger partial charge in [0, 0.05) is 28.1 Å². The highest BCUT2D eigenvalue weighted by Crippen LogP contribution is 2.30. The van der Waals surface area contributed by atoms with E-state index in [-0.39, 0.29) is 5.56 Å². The van der Waals surface area contributed by atoms with Crippen LogP contribution < -0.4 is 5.56 Å². The van der Waals surface area contributed by atoms with Gasteiger partial charge in [0.25, 0.3) is 5.56 Å². The number of aryl methyl sites for hydroxylation is 1. The zero-order valence-electron chi connectivity index (χ0n) is 17.0. The van der Waals surface area contributed by atoms with E-state index < -0.39 is 0 Å². The molecule has 10 heteroatoms. The summed E-state index contributed by atoms with van der Waals surface area (Å²) in [5.41, 5.74) is 2.37. The van der Waals surface area contributed by atoms with E-state index in [1.165, 1.54) is 33.7 Å². The second-order valence-corrected chi connectivity index (χ2v) is 9.32. The van der Waals surface area contributed by atoms with Gasteiger partial charge < -0.3 is 0 Å². The average molecular weight is 481 g/mol. The van der Waals surface area contributed by atoms with Crippen LogP contribution >= 0.6 is 34.7 Å². The van der Waals surface area contributed by atoms with E-state index in [0.717, 1.165) is 22.7 Å². The van der Waals surface area contributed by atoms with E-state index in [4.69, 9.17) is 11.6 Å². The Kier molecular flexibility index (Phi) is 5.77. The Morgan fingerprint density at radius 3 is 2.59 bits per heavy atom. The molecular weight excluding hydrogens is 464 g/mol. The lowest BCUT2D eigenvalue weighted by atomic mass is 10.2. The number of fused-ring (bicyclic) bond motifs is 1. The molecular formula is C22H17ClN6OS2. The number of nitrogens with zero attached hydrogens (tertiary/aromatic N) is 6. The van der Waals surface area contributed by atoms with Crippen LogP contribution in [0.4, 0.5) is 0 Å². The monoisotopic (exact) mass is 480 g/mol. The summed E-state index contributed by atoms with van der Waals surface area (Å²) in [5, 5.41) is 15.4. The number of hydrogen-bond acceptors (Lipinski definition) is 7. The third-order valence-corrected chi connectivity index (χ3v) is 7.01. The average Bonchev–Trinajstić information content (AvgIpc) is 3.43. The maximum Gasteiger partial charge on any atom is 0.275 e. The van der Waals surface area contributed by atoms with Gasteiger partial charge in [0.15, 0.2) is 11.0 Å². The predicted molar refractivity (Wildman–Crippen MR) is 128 cm³/mol. The molecule has 0 saturated carbocycles. The summed E-state index contributed by atoms with van der Waals surface area (Å²) in [6.45, 7) is 2.01. The van der Waals surface area contributed by atoms with Crippen LogP contribution in [0.15, 0.2) is 70.6 Å². The van der Waals surface area contributed by atoms with E-state index in [1.54, 1.807) is 0 Å². The Bertz CT molecular complexity index is 1440. The molecule has 32 heavy (non-hydrogen) atoms. The van der Waals surface area contributed by atoms with Gasteiger partial charge in [-0.1, -0.05) is 59.8 Å². The van der Waals surface area contributed by atoms with E-state index in [9.17, 15) is 4.79 Å². The molecule has 2 aromatic carbocycles. The molecule has 0 aliphatic heterocycles. The van der Waals surface area contributed by atoms with Crippen LogP contribution in [0.1, 0.15) is 17.6 Å². The summed E-state index contributed by atoms with van der Waals surface area (Å²) in [7, 11) is 0. The molecule has 3 aromatic heterocycles. The van der Waals surface area contributed by atoms with Crippen LogP contribution in [0.2, 0.25) is 5.02 Å². The molecule has 0 radical (unpaired) electrons. The lowest BCUT2D eigenvalue weighted by molar-refractivity contribution is 0.851. The number of thioether (sulfide) groups is 1. The largest absolute Gasteiger partial charge is 0.275 e. The van der Waals surface area contributed by atoms with Crippen molar-refractivity contribution in [3.8, 4) is 17.1 Å². The molecule has 5 rings (SSSR count). The predicted octanol–water partition coefficient (Wildman–Crippen LogP) is 4.91. The fraction of sp³-hybridized carbons (Fsp3) is 0.136. The first-order valence-corrected chi connectivity index (χ1v) is 12.1. The summed E-state index contributed by atoms with van der Waals surface area (Å²) in [5.74, 6) is 1.20. The fourth-order valence-electron chi connectivity index (χ4n) is 3.21. The molecule has 160 valence electrons. The molecule has 5 aromatic rings. The van der Waals surface area contributed by atoms with Crippen molar-refractivity contribution >= 4 is 39.7 Å². The second-order valence-electron chi connectivity index (χ2n) is 6.90. The van der Waals surface area contributed by atoms with Crippen molar-refractivity contribution in [3.05, 3.63) is 86.7 Å². The lowest BCUT2D eigenvalue weighted by Crippen LogP contribution is -2.15. The summed E-state index contributed by atoms with van der Waals surface area (Å²) in [4.78, 5) is 17.7. The Morgan fingerprint density at radius 2 is 1.84 bits per heavy atom. The molecule has 3 heterocycles. The number of aromatic nitrogens is 6. The normalized spacial score (nSPS) is 11.3. The third-order valence-electron chi connectivity index (χ3n) is 4.74. The van der Waals surface area contributed by atoms with E-state index in [2.05, 4.69) is 20.3 Å². The van der Waals surface area contributed by atoms with Crippen molar-refractivity contribution in [2.75, 3.05) is 0 Å². The molecule has 0 aliphatic carbocycles. The molecule has 0 fully saturated rings. The van der Waals surface area contributed by atoms with Gasteiger partial charge in [-0.05, 0) is 42.8 Å². The summed E-state index contributed by atoms with van der Waals surface area (Å²) < 4.78 is 3.37. The maximum atomic E-state index is 12.5. The van der Waals surface area contributed by atoms with Gasteiger partial charge in [-0.15, -0.1) is 10.2 Å². The summed E-state index contributed by atoms with van der Waals surface area (Å²) in [6, 6.07) is 19.0. The number of halogens is 1. The number of rotatable bonds is 6. The first kappa shape index (κ1) is 20.9. The Balaban J connectivity index is 1.51. The summed E-state index contributed by atoms with van der Waals surface area (Å²) in [6.07, 6.45) is 0.769. The first-order valence-electron chi connectivity index (χ1n) is 9.90. The number of para-hydroxylation sites is 1. The van der Waals surface area contributed by atoms with Crippen LogP contribution in [0.3, 0.4) is 0 Å². The highest BCUT2D eigenvalue weighted by molar-refractivity contribution is 7.98. The van der Waals surface area contributed by atoms with Gasteiger partial charge in [-0.25, -0.2) is 4.98 Å². The highest BCUT2D eigenvalue weighted by Gasteiger charge is 2.17. The molecule has 0 amide bonds. The molecule has 0 unspecified atom stereocenters. The Morgan fingerprint density at radius 1 is 1.06 bits per heavy atom. The van der Waals surface area contributed by atoms with Gasteiger partial charge in [0.2, 0.25) is 4.96 Å². The second kappa shape index (κ2) is 8.85. The van der Waals surface area contributed by atoms with Gasteiger partial charge in [0.1, 0.15) is 5.01 Å². The molecule has 0 saturated heterocycles. The van der Waals surface area contributed by atoms with Crippen molar-refractivity contribution in [3.63, 3.8) is 0 Å². The maximum absolute atomic E-state index is 12.5. The third kappa shape index (κ3) is 4.06. The molecule has 0 bridgehead atoms. The van der Waals surface area contributed by atoms with Crippen LogP contribution in [-0.2, 0) is 12.2 Å². The Labute approximate surface area is 196 Å². The van der Waals surface area contributed by atoms with Crippen molar-refractivity contribution in [1.82, 2.24) is 29.4 Å². The van der Waals surface area contributed by atoms with Crippen LogP contribution in [0.25, 0.3) is 22.0 Å². The zero-order chi connectivity index (χ0) is 22.1. The lowest BCUT2D eigenvalue weighted by Gasteiger charge is -2.10. The van der Waals surface area contributed by atoms with Gasteiger partial charge in [-0.2, -0.15) is 9.61 Å². The minimum absolute atomic E-state index is 0.173. The summed E-state index contributed by atoms with van der Waals surface area (Å²) >= 11 is 8.98. The standard InChI is InChI=1S/C22H17ClN6OS2/c1-2-18-27-29-19(30)12-16(24-21(29)32-18)13-31-22-26-25-20(14-8-10-15(23)11-9-14)28(22)17-6-4-3-5-7-17/h3-12H,2,13H2,1H3. The quantitative estimate of drug-likeness (QED) is 0.321. The van der Waals surface area contributed by atoms with E-state index in [1.807, 2.05) is 66.1 Å². The molecule has 0 spiro atoms. The molecule has 7 nitrogen and oxygen atoms in total.